The maximum Gasteiger partial charge on any atom is 0.318 e. The van der Waals surface area contributed by atoms with Crippen molar-refractivity contribution in [3.8, 4) is 5.75 Å². The van der Waals surface area contributed by atoms with Crippen molar-refractivity contribution >= 4 is 23.3 Å². The standard InChI is InChI=1S/C25H35N3O3S/c1-18(2)10-13-27(25(30)26-19(3)4)16-24(29)28-14-11-23-21(12-15-32-23)22(28)17-31-20-8-6-5-7-9-20/h5-9,12,15,18-19,22H,10-11,13-14,16-17H2,1-4H3,(H,26,30)/t22-/m1/s1. The van der Waals surface area contributed by atoms with Crippen molar-refractivity contribution in [3.05, 3.63) is 52.2 Å². The molecule has 0 saturated heterocycles. The third-order valence-electron chi connectivity index (χ3n) is 5.57. The van der Waals surface area contributed by atoms with Gasteiger partial charge >= 0.3 is 6.03 Å². The van der Waals surface area contributed by atoms with Gasteiger partial charge in [0.2, 0.25) is 5.91 Å². The summed E-state index contributed by atoms with van der Waals surface area (Å²) in [6.45, 7) is 9.78. The van der Waals surface area contributed by atoms with Crippen LogP contribution in [0.3, 0.4) is 0 Å². The largest absolute Gasteiger partial charge is 0.491 e. The number of hydrogen-bond acceptors (Lipinski definition) is 4. The second kappa shape index (κ2) is 11.4. The van der Waals surface area contributed by atoms with Crippen molar-refractivity contribution < 1.29 is 14.3 Å². The van der Waals surface area contributed by atoms with E-state index < -0.39 is 0 Å². The van der Waals surface area contributed by atoms with Crippen LogP contribution >= 0.6 is 11.3 Å². The highest BCUT2D eigenvalue weighted by molar-refractivity contribution is 7.10. The summed E-state index contributed by atoms with van der Waals surface area (Å²) in [7, 11) is 0. The molecular formula is C25H35N3O3S. The van der Waals surface area contributed by atoms with Crippen molar-refractivity contribution in [2.75, 3.05) is 26.2 Å². The summed E-state index contributed by atoms with van der Waals surface area (Å²) in [6.07, 6.45) is 1.69. The number of benzene rings is 1. The quantitative estimate of drug-likeness (QED) is 0.593. The molecule has 1 aromatic carbocycles. The molecule has 6 nitrogen and oxygen atoms in total. The topological polar surface area (TPSA) is 61.9 Å². The van der Waals surface area contributed by atoms with Crippen molar-refractivity contribution in [2.24, 2.45) is 5.92 Å². The van der Waals surface area contributed by atoms with Crippen LogP contribution in [0.4, 0.5) is 4.79 Å². The molecule has 1 aliphatic rings. The molecule has 0 radical (unpaired) electrons. The summed E-state index contributed by atoms with van der Waals surface area (Å²) in [4.78, 5) is 31.1. The number of urea groups is 1. The Morgan fingerprint density at radius 1 is 1.19 bits per heavy atom. The molecule has 1 aromatic heterocycles. The maximum absolute atomic E-state index is 13.4. The first kappa shape index (κ1) is 24.1. The minimum Gasteiger partial charge on any atom is -0.491 e. The highest BCUT2D eigenvalue weighted by atomic mass is 32.1. The monoisotopic (exact) mass is 457 g/mol. The molecule has 2 aromatic rings. The van der Waals surface area contributed by atoms with E-state index in [1.807, 2.05) is 49.1 Å². The van der Waals surface area contributed by atoms with Gasteiger partial charge in [0.25, 0.3) is 0 Å². The van der Waals surface area contributed by atoms with Crippen LogP contribution in [0.5, 0.6) is 5.75 Å². The summed E-state index contributed by atoms with van der Waals surface area (Å²) < 4.78 is 6.05. The molecule has 3 amide bonds. The number of amides is 3. The fourth-order valence-corrected chi connectivity index (χ4v) is 4.75. The van der Waals surface area contributed by atoms with Crippen LogP contribution < -0.4 is 10.1 Å². The molecule has 7 heteroatoms. The van der Waals surface area contributed by atoms with Gasteiger partial charge in [-0.15, -0.1) is 11.3 Å². The van der Waals surface area contributed by atoms with E-state index in [1.54, 1.807) is 16.2 Å². The number of carbonyl (C=O) groups is 2. The molecule has 0 spiro atoms. The first-order chi connectivity index (χ1) is 15.3. The van der Waals surface area contributed by atoms with Crippen molar-refractivity contribution in [3.63, 3.8) is 0 Å². The number of thiophene rings is 1. The highest BCUT2D eigenvalue weighted by Crippen LogP contribution is 2.34. The van der Waals surface area contributed by atoms with E-state index in [0.717, 1.165) is 24.2 Å². The Morgan fingerprint density at radius 3 is 2.62 bits per heavy atom. The van der Waals surface area contributed by atoms with Gasteiger partial charge in [0.05, 0.1) is 6.04 Å². The Balaban J connectivity index is 1.74. The number of fused-ring (bicyclic) bond motifs is 1. The first-order valence-corrected chi connectivity index (χ1v) is 12.3. The summed E-state index contributed by atoms with van der Waals surface area (Å²) in [5, 5.41) is 5.02. The zero-order chi connectivity index (χ0) is 23.1. The number of carbonyl (C=O) groups excluding carboxylic acids is 2. The Bertz CT molecular complexity index is 882. The van der Waals surface area contributed by atoms with E-state index in [2.05, 4.69) is 30.6 Å². The Kier molecular flexibility index (Phi) is 8.56. The molecule has 0 aliphatic carbocycles. The van der Waals surface area contributed by atoms with Crippen LogP contribution in [0.2, 0.25) is 0 Å². The smallest absolute Gasteiger partial charge is 0.318 e. The molecule has 174 valence electrons. The number of para-hydroxylation sites is 1. The van der Waals surface area contributed by atoms with Gasteiger partial charge in [-0.1, -0.05) is 32.0 Å². The van der Waals surface area contributed by atoms with Crippen molar-refractivity contribution in [1.82, 2.24) is 15.1 Å². The van der Waals surface area contributed by atoms with E-state index in [9.17, 15) is 9.59 Å². The molecule has 3 rings (SSSR count). The van der Waals surface area contributed by atoms with Crippen LogP contribution in [0, 0.1) is 5.92 Å². The van der Waals surface area contributed by atoms with E-state index in [-0.39, 0.29) is 30.6 Å². The average Bonchev–Trinajstić information content (AvgIpc) is 3.24. The fraction of sp³-hybridized carbons (Fsp3) is 0.520. The maximum atomic E-state index is 13.4. The predicted octanol–water partition coefficient (Wildman–Crippen LogP) is 4.72. The third kappa shape index (κ3) is 6.48. The third-order valence-corrected chi connectivity index (χ3v) is 6.56. The molecule has 0 unspecified atom stereocenters. The second-order valence-electron chi connectivity index (χ2n) is 8.98. The lowest BCUT2D eigenvalue weighted by Crippen LogP contribution is -2.51. The number of hydrogen-bond donors (Lipinski definition) is 1. The number of nitrogens with zero attached hydrogens (tertiary/aromatic N) is 2. The Labute approximate surface area is 195 Å². The van der Waals surface area contributed by atoms with E-state index in [4.69, 9.17) is 4.74 Å². The first-order valence-electron chi connectivity index (χ1n) is 11.4. The molecular weight excluding hydrogens is 422 g/mol. The number of nitrogens with one attached hydrogen (secondary N) is 1. The van der Waals surface area contributed by atoms with Crippen LogP contribution in [-0.2, 0) is 11.2 Å². The van der Waals surface area contributed by atoms with Crippen molar-refractivity contribution in [1.29, 1.82) is 0 Å². The van der Waals surface area contributed by atoms with Gasteiger partial charge in [0.15, 0.2) is 0 Å². The van der Waals surface area contributed by atoms with Gasteiger partial charge in [0, 0.05) is 24.0 Å². The van der Waals surface area contributed by atoms with E-state index in [1.165, 1.54) is 4.88 Å². The number of ether oxygens (including phenoxy) is 1. The Hall–Kier alpha value is -2.54. The van der Waals surface area contributed by atoms with Crippen LogP contribution in [0.25, 0.3) is 0 Å². The van der Waals surface area contributed by atoms with Crippen molar-refractivity contribution in [2.45, 2.75) is 52.6 Å². The molecule has 32 heavy (non-hydrogen) atoms. The van der Waals surface area contributed by atoms with Crippen LogP contribution in [-0.4, -0.2) is 54.0 Å². The van der Waals surface area contributed by atoms with Gasteiger partial charge in [-0.2, -0.15) is 0 Å². The summed E-state index contributed by atoms with van der Waals surface area (Å²) in [5.74, 6) is 1.21. The zero-order valence-electron chi connectivity index (χ0n) is 19.5. The van der Waals surface area contributed by atoms with Gasteiger partial charge in [-0.05, 0) is 61.7 Å². The number of rotatable bonds is 9. The van der Waals surface area contributed by atoms with Gasteiger partial charge in [-0.3, -0.25) is 4.79 Å². The van der Waals surface area contributed by atoms with Gasteiger partial charge < -0.3 is 19.9 Å². The SMILES string of the molecule is CC(C)CCN(CC(=O)N1CCc2sccc2[C@H]1COc1ccccc1)C(=O)NC(C)C. The lowest BCUT2D eigenvalue weighted by atomic mass is 10.0. The predicted molar refractivity (Wildman–Crippen MR) is 129 cm³/mol. The fourth-order valence-electron chi connectivity index (χ4n) is 3.83. The van der Waals surface area contributed by atoms with Crippen LogP contribution in [0.15, 0.2) is 41.8 Å². The summed E-state index contributed by atoms with van der Waals surface area (Å²) in [6, 6.07) is 11.5. The highest BCUT2D eigenvalue weighted by Gasteiger charge is 2.33. The van der Waals surface area contributed by atoms with Gasteiger partial charge in [0.1, 0.15) is 18.9 Å². The molecule has 0 bridgehead atoms. The minimum absolute atomic E-state index is 0.0227. The van der Waals surface area contributed by atoms with E-state index >= 15 is 0 Å². The zero-order valence-corrected chi connectivity index (χ0v) is 20.4. The lowest BCUT2D eigenvalue weighted by molar-refractivity contribution is -0.135. The summed E-state index contributed by atoms with van der Waals surface area (Å²) in [5.41, 5.74) is 1.16. The Morgan fingerprint density at radius 2 is 1.94 bits per heavy atom. The molecule has 1 atom stereocenters. The second-order valence-corrected chi connectivity index (χ2v) is 9.99. The molecule has 1 aliphatic heterocycles. The molecule has 0 fully saturated rings. The van der Waals surface area contributed by atoms with E-state index in [0.29, 0.717) is 25.6 Å². The van der Waals surface area contributed by atoms with Gasteiger partial charge in [-0.25, -0.2) is 4.79 Å². The lowest BCUT2D eigenvalue weighted by Gasteiger charge is -2.37. The minimum atomic E-state index is -0.181. The summed E-state index contributed by atoms with van der Waals surface area (Å²) >= 11 is 1.73. The normalized spacial score (nSPS) is 15.6. The molecule has 2 heterocycles. The molecule has 1 N–H and O–H groups in total. The van der Waals surface area contributed by atoms with Crippen LogP contribution in [0.1, 0.15) is 50.6 Å². The average molecular weight is 458 g/mol. The molecule has 0 saturated carbocycles.